The Bertz CT molecular complexity index is 650. The summed E-state index contributed by atoms with van der Waals surface area (Å²) in [6.07, 6.45) is 2.40. The van der Waals surface area contributed by atoms with E-state index in [4.69, 9.17) is 0 Å². The number of aryl methyl sites for hydroxylation is 1. The van der Waals surface area contributed by atoms with Gasteiger partial charge in [-0.2, -0.15) is 0 Å². The third kappa shape index (κ3) is 2.62. The first-order chi connectivity index (χ1) is 10.1. The van der Waals surface area contributed by atoms with E-state index in [9.17, 15) is 4.79 Å². The molecular formula is C18H24N2O. The van der Waals surface area contributed by atoms with Gasteiger partial charge in [-0.05, 0) is 51.8 Å². The molecule has 0 amide bonds. The maximum absolute atomic E-state index is 13.0. The molecule has 21 heavy (non-hydrogen) atoms. The number of para-hydroxylation sites is 1. The third-order valence-corrected chi connectivity index (χ3v) is 4.89. The van der Waals surface area contributed by atoms with Crippen molar-refractivity contribution in [1.82, 2.24) is 9.88 Å². The van der Waals surface area contributed by atoms with Crippen LogP contribution >= 0.6 is 0 Å². The Kier molecular flexibility index (Phi) is 3.85. The lowest BCUT2D eigenvalue weighted by atomic mass is 9.95. The Morgan fingerprint density at radius 3 is 2.67 bits per heavy atom. The highest BCUT2D eigenvalue weighted by Gasteiger charge is 2.28. The monoisotopic (exact) mass is 284 g/mol. The fraction of sp³-hybridized carbons (Fsp3) is 0.500. The van der Waals surface area contributed by atoms with E-state index < -0.39 is 0 Å². The summed E-state index contributed by atoms with van der Waals surface area (Å²) in [5, 5.41) is 1.05. The second-order valence-electron chi connectivity index (χ2n) is 6.43. The molecule has 2 aromatic rings. The molecule has 1 aliphatic heterocycles. The first-order valence-corrected chi connectivity index (χ1v) is 7.93. The lowest BCUT2D eigenvalue weighted by Crippen LogP contribution is -2.43. The number of Topliss-reactive ketones (excluding diaryl/α,β-unsaturated/α-hetero) is 1. The molecule has 0 saturated carbocycles. The number of likely N-dealkylation sites (tertiary alicyclic amines) is 1. The molecule has 3 rings (SSSR count). The summed E-state index contributed by atoms with van der Waals surface area (Å²) in [5.41, 5.74) is 2.91. The topological polar surface area (TPSA) is 36.1 Å². The maximum atomic E-state index is 13.0. The minimum absolute atomic E-state index is 0.0320. The lowest BCUT2D eigenvalue weighted by molar-refractivity contribution is 0.0780. The summed E-state index contributed by atoms with van der Waals surface area (Å²) < 4.78 is 0. The number of hydrogen-bond acceptors (Lipinski definition) is 2. The van der Waals surface area contributed by atoms with Gasteiger partial charge in [0.1, 0.15) is 0 Å². The average molecular weight is 284 g/mol. The van der Waals surface area contributed by atoms with E-state index in [-0.39, 0.29) is 11.8 Å². The number of carbonyl (C=O) groups excluding carboxylic acids is 1. The van der Waals surface area contributed by atoms with Crippen LogP contribution in [0.1, 0.15) is 42.7 Å². The maximum Gasteiger partial charge on any atom is 0.182 e. The molecule has 1 atom stereocenters. The van der Waals surface area contributed by atoms with Crippen LogP contribution < -0.4 is 0 Å². The molecule has 2 heterocycles. The molecule has 1 N–H and O–H groups in total. The van der Waals surface area contributed by atoms with Crippen LogP contribution in [0.5, 0.6) is 0 Å². The van der Waals surface area contributed by atoms with E-state index in [2.05, 4.69) is 23.7 Å². The molecule has 112 valence electrons. The Morgan fingerprint density at radius 2 is 1.95 bits per heavy atom. The zero-order valence-corrected chi connectivity index (χ0v) is 13.1. The van der Waals surface area contributed by atoms with Crippen LogP contribution in [0.15, 0.2) is 24.3 Å². The smallest absolute Gasteiger partial charge is 0.182 e. The van der Waals surface area contributed by atoms with Crippen molar-refractivity contribution in [3.8, 4) is 0 Å². The number of nitrogens with zero attached hydrogens (tertiary/aromatic N) is 1. The summed E-state index contributed by atoms with van der Waals surface area (Å²) in [6.45, 7) is 8.43. The van der Waals surface area contributed by atoms with Gasteiger partial charge in [-0.1, -0.05) is 25.1 Å². The van der Waals surface area contributed by atoms with Gasteiger partial charge < -0.3 is 4.98 Å². The van der Waals surface area contributed by atoms with Crippen LogP contribution in [-0.4, -0.2) is 34.8 Å². The van der Waals surface area contributed by atoms with E-state index in [1.165, 1.54) is 12.8 Å². The highest BCUT2D eigenvalue weighted by molar-refractivity contribution is 6.11. The number of rotatable bonds is 3. The van der Waals surface area contributed by atoms with Crippen molar-refractivity contribution >= 4 is 16.7 Å². The molecule has 0 aliphatic carbocycles. The van der Waals surface area contributed by atoms with Gasteiger partial charge in [0.05, 0.1) is 6.04 Å². The largest absolute Gasteiger partial charge is 0.358 e. The number of H-pyrrole nitrogens is 1. The first-order valence-electron chi connectivity index (χ1n) is 7.93. The Balaban J connectivity index is 1.88. The van der Waals surface area contributed by atoms with Gasteiger partial charge in [0.25, 0.3) is 0 Å². The molecule has 1 saturated heterocycles. The minimum atomic E-state index is -0.0320. The number of hydrogen-bond donors (Lipinski definition) is 1. The SMILES string of the molecule is Cc1[nH]c2ccccc2c1C(=O)C(C)N1CCC(C)CC1. The minimum Gasteiger partial charge on any atom is -0.358 e. The molecule has 0 bridgehead atoms. The van der Waals surface area contributed by atoms with E-state index in [1.54, 1.807) is 0 Å². The van der Waals surface area contributed by atoms with Crippen LogP contribution in [0.3, 0.4) is 0 Å². The molecule has 1 unspecified atom stereocenters. The van der Waals surface area contributed by atoms with Gasteiger partial charge in [-0.3, -0.25) is 9.69 Å². The standard InChI is InChI=1S/C18H24N2O/c1-12-8-10-20(11-9-12)14(3)18(21)17-13(2)19-16-7-5-4-6-15(16)17/h4-7,12,14,19H,8-11H2,1-3H3. The van der Waals surface area contributed by atoms with E-state index in [1.807, 2.05) is 31.2 Å². The summed E-state index contributed by atoms with van der Waals surface area (Å²) in [6, 6.07) is 8.04. The Hall–Kier alpha value is -1.61. The van der Waals surface area contributed by atoms with Crippen molar-refractivity contribution < 1.29 is 4.79 Å². The second-order valence-corrected chi connectivity index (χ2v) is 6.43. The van der Waals surface area contributed by atoms with E-state index >= 15 is 0 Å². The normalized spacial score (nSPS) is 19.0. The number of benzene rings is 1. The number of carbonyl (C=O) groups is 1. The Morgan fingerprint density at radius 1 is 1.29 bits per heavy atom. The molecule has 1 fully saturated rings. The molecule has 1 aromatic heterocycles. The Labute approximate surface area is 126 Å². The van der Waals surface area contributed by atoms with Crippen molar-refractivity contribution in [2.75, 3.05) is 13.1 Å². The van der Waals surface area contributed by atoms with Crippen molar-refractivity contribution in [2.24, 2.45) is 5.92 Å². The van der Waals surface area contributed by atoms with E-state index in [0.717, 1.165) is 41.2 Å². The van der Waals surface area contributed by atoms with Gasteiger partial charge in [0, 0.05) is 22.2 Å². The van der Waals surface area contributed by atoms with Crippen LogP contribution in [0, 0.1) is 12.8 Å². The number of piperidine rings is 1. The fourth-order valence-corrected chi connectivity index (χ4v) is 3.38. The fourth-order valence-electron chi connectivity index (χ4n) is 3.38. The van der Waals surface area contributed by atoms with Crippen molar-refractivity contribution in [2.45, 2.75) is 39.7 Å². The zero-order valence-electron chi connectivity index (χ0n) is 13.1. The quantitative estimate of drug-likeness (QED) is 0.871. The van der Waals surface area contributed by atoms with Gasteiger partial charge in [-0.15, -0.1) is 0 Å². The van der Waals surface area contributed by atoms with Crippen LogP contribution in [0.25, 0.3) is 10.9 Å². The molecular weight excluding hydrogens is 260 g/mol. The van der Waals surface area contributed by atoms with Crippen LogP contribution in [0.2, 0.25) is 0 Å². The van der Waals surface area contributed by atoms with Crippen LogP contribution in [0.4, 0.5) is 0 Å². The van der Waals surface area contributed by atoms with Gasteiger partial charge >= 0.3 is 0 Å². The predicted octanol–water partition coefficient (Wildman–Crippen LogP) is 3.78. The van der Waals surface area contributed by atoms with Gasteiger partial charge in [0.2, 0.25) is 0 Å². The second kappa shape index (κ2) is 5.64. The third-order valence-electron chi connectivity index (χ3n) is 4.89. The number of nitrogens with one attached hydrogen (secondary N) is 1. The van der Waals surface area contributed by atoms with Crippen molar-refractivity contribution in [3.63, 3.8) is 0 Å². The van der Waals surface area contributed by atoms with Crippen molar-refractivity contribution in [1.29, 1.82) is 0 Å². The first kappa shape index (κ1) is 14.3. The molecule has 0 spiro atoms. The molecule has 3 nitrogen and oxygen atoms in total. The predicted molar refractivity (Wildman–Crippen MR) is 86.8 cm³/mol. The molecule has 3 heteroatoms. The van der Waals surface area contributed by atoms with Crippen LogP contribution in [-0.2, 0) is 0 Å². The van der Waals surface area contributed by atoms with Gasteiger partial charge in [0.15, 0.2) is 5.78 Å². The zero-order chi connectivity index (χ0) is 15.0. The average Bonchev–Trinajstić information content (AvgIpc) is 2.82. The summed E-state index contributed by atoms with van der Waals surface area (Å²) in [7, 11) is 0. The highest BCUT2D eigenvalue weighted by Crippen LogP contribution is 2.26. The summed E-state index contributed by atoms with van der Waals surface area (Å²) in [5.74, 6) is 1.04. The molecule has 1 aromatic carbocycles. The number of aromatic nitrogens is 1. The molecule has 0 radical (unpaired) electrons. The number of aromatic amines is 1. The molecule has 1 aliphatic rings. The van der Waals surface area contributed by atoms with Crippen molar-refractivity contribution in [3.05, 3.63) is 35.5 Å². The lowest BCUT2D eigenvalue weighted by Gasteiger charge is -2.34. The van der Waals surface area contributed by atoms with Gasteiger partial charge in [-0.25, -0.2) is 0 Å². The summed E-state index contributed by atoms with van der Waals surface area (Å²) >= 11 is 0. The van der Waals surface area contributed by atoms with E-state index in [0.29, 0.717) is 0 Å². The summed E-state index contributed by atoms with van der Waals surface area (Å²) in [4.78, 5) is 18.6. The number of ketones is 1. The number of fused-ring (bicyclic) bond motifs is 1. The highest BCUT2D eigenvalue weighted by atomic mass is 16.1.